The average Bonchev–Trinajstić information content (AvgIpc) is 2.04. The quantitative estimate of drug-likeness (QED) is 0.555. The van der Waals surface area contributed by atoms with E-state index in [1.165, 1.54) is 0 Å². The first kappa shape index (κ1) is 12.6. The van der Waals surface area contributed by atoms with Crippen molar-refractivity contribution in [2.45, 2.75) is 13.8 Å². The number of carbonyl (C=O) groups excluding carboxylic acids is 1. The van der Waals surface area contributed by atoms with Crippen LogP contribution in [0.3, 0.4) is 0 Å². The lowest BCUT2D eigenvalue weighted by atomic mass is 10.2. The van der Waals surface area contributed by atoms with Gasteiger partial charge in [0.05, 0.1) is 0 Å². The third-order valence-corrected chi connectivity index (χ3v) is 2.72. The van der Waals surface area contributed by atoms with Gasteiger partial charge in [-0.15, -0.1) is 0 Å². The number of hydrogen-bond donors (Lipinski definition) is 3. The van der Waals surface area contributed by atoms with E-state index in [-0.39, 0.29) is 0 Å². The Hall–Kier alpha value is -1.37. The second-order valence-electron chi connectivity index (χ2n) is 2.84. The molecule has 0 bridgehead atoms. The number of carbonyl (C=O) groups is 1. The second-order valence-corrected chi connectivity index (χ2v) is 4.52. The van der Waals surface area contributed by atoms with Crippen molar-refractivity contribution in [1.82, 2.24) is 4.72 Å². The van der Waals surface area contributed by atoms with E-state index < -0.39 is 26.8 Å². The highest BCUT2D eigenvalue weighted by Gasteiger charge is 2.19. The first-order valence-electron chi connectivity index (χ1n) is 3.84. The maximum absolute atomic E-state index is 11.3. The molecule has 0 aromatic heterocycles. The zero-order valence-corrected chi connectivity index (χ0v) is 8.76. The molecule has 80 valence electrons. The van der Waals surface area contributed by atoms with Crippen LogP contribution >= 0.6 is 0 Å². The molecule has 0 saturated carbocycles. The zero-order valence-electron chi connectivity index (χ0n) is 7.94. The van der Waals surface area contributed by atoms with Crippen molar-refractivity contribution in [1.29, 1.82) is 5.41 Å². The number of allylic oxidation sites excluding steroid dienone is 1. The molecule has 0 saturated heterocycles. The Morgan fingerprint density at radius 3 is 2.29 bits per heavy atom. The van der Waals surface area contributed by atoms with E-state index in [1.807, 2.05) is 0 Å². The first-order chi connectivity index (χ1) is 6.35. The fourth-order valence-electron chi connectivity index (χ4n) is 0.524. The van der Waals surface area contributed by atoms with Crippen LogP contribution in [-0.2, 0) is 14.8 Å². The normalized spacial score (nSPS) is 12.6. The van der Waals surface area contributed by atoms with Gasteiger partial charge in [-0.05, 0) is 0 Å². The fraction of sp³-hybridized carbons (Fsp3) is 0.429. The summed E-state index contributed by atoms with van der Waals surface area (Å²) in [5.74, 6) is -1.08. The molecule has 0 aromatic carbocycles. The fourth-order valence-corrected chi connectivity index (χ4v) is 1.48. The predicted molar refractivity (Wildman–Crippen MR) is 53.0 cm³/mol. The molecule has 0 spiro atoms. The topological polar surface area (TPSA) is 113 Å². The maximum Gasteiger partial charge on any atom is 0.266 e. The number of hydrogen-bond acceptors (Lipinski definition) is 5. The molecule has 6 nitrogen and oxygen atoms in total. The van der Waals surface area contributed by atoms with Gasteiger partial charge in [-0.2, -0.15) is 0 Å². The van der Waals surface area contributed by atoms with Crippen LogP contribution in [-0.4, -0.2) is 20.5 Å². The average molecular weight is 219 g/mol. The smallest absolute Gasteiger partial charge is 0.266 e. The van der Waals surface area contributed by atoms with E-state index in [2.05, 4.69) is 0 Å². The van der Waals surface area contributed by atoms with Crippen molar-refractivity contribution in [3.8, 4) is 0 Å². The Labute approximate surface area is 82.7 Å². The monoisotopic (exact) mass is 219 g/mol. The largest absolute Gasteiger partial charge is 0.403 e. The van der Waals surface area contributed by atoms with Gasteiger partial charge in [0.15, 0.2) is 0 Å². The van der Waals surface area contributed by atoms with Crippen LogP contribution in [0.2, 0.25) is 0 Å². The SMILES string of the molecule is CC(C)C(=O)NS(=O)(=O)/C(C=N)=C/N. The molecule has 0 atom stereocenters. The molecule has 7 heteroatoms. The van der Waals surface area contributed by atoms with Crippen LogP contribution in [0, 0.1) is 11.3 Å². The molecule has 0 aromatic rings. The van der Waals surface area contributed by atoms with E-state index in [0.29, 0.717) is 6.21 Å². The third kappa shape index (κ3) is 3.17. The van der Waals surface area contributed by atoms with Gasteiger partial charge in [0.2, 0.25) is 5.91 Å². The van der Waals surface area contributed by atoms with Gasteiger partial charge in [-0.25, -0.2) is 13.1 Å². The summed E-state index contributed by atoms with van der Waals surface area (Å²) in [5, 5.41) is 6.76. The highest BCUT2D eigenvalue weighted by atomic mass is 32.2. The molecule has 0 heterocycles. The number of sulfonamides is 1. The molecule has 1 amide bonds. The van der Waals surface area contributed by atoms with E-state index in [9.17, 15) is 13.2 Å². The molecule has 0 radical (unpaired) electrons. The zero-order chi connectivity index (χ0) is 11.4. The first-order valence-corrected chi connectivity index (χ1v) is 5.32. The minimum Gasteiger partial charge on any atom is -0.403 e. The van der Waals surface area contributed by atoms with E-state index in [4.69, 9.17) is 11.1 Å². The summed E-state index contributed by atoms with van der Waals surface area (Å²) >= 11 is 0. The molecule has 0 aliphatic rings. The van der Waals surface area contributed by atoms with Crippen LogP contribution in [0.25, 0.3) is 0 Å². The van der Waals surface area contributed by atoms with Crippen molar-refractivity contribution in [3.63, 3.8) is 0 Å². The summed E-state index contributed by atoms with van der Waals surface area (Å²) in [6, 6.07) is 0. The lowest BCUT2D eigenvalue weighted by Crippen LogP contribution is -2.35. The minimum atomic E-state index is -3.97. The summed E-state index contributed by atoms with van der Waals surface area (Å²) in [4.78, 5) is 10.6. The Morgan fingerprint density at radius 2 is 2.00 bits per heavy atom. The molecule has 4 N–H and O–H groups in total. The third-order valence-electron chi connectivity index (χ3n) is 1.38. The summed E-state index contributed by atoms with van der Waals surface area (Å²) in [5.41, 5.74) is 4.98. The van der Waals surface area contributed by atoms with Gasteiger partial charge >= 0.3 is 0 Å². The van der Waals surface area contributed by atoms with Crippen LogP contribution in [0.1, 0.15) is 13.8 Å². The highest BCUT2D eigenvalue weighted by Crippen LogP contribution is 2.01. The van der Waals surface area contributed by atoms with Crippen molar-refractivity contribution < 1.29 is 13.2 Å². The van der Waals surface area contributed by atoms with Gasteiger partial charge < -0.3 is 11.1 Å². The Balaban J connectivity index is 4.84. The molecule has 0 unspecified atom stereocenters. The Morgan fingerprint density at radius 1 is 1.50 bits per heavy atom. The number of nitrogens with two attached hydrogens (primary N) is 1. The summed E-state index contributed by atoms with van der Waals surface area (Å²) in [7, 11) is -3.97. The van der Waals surface area contributed by atoms with Gasteiger partial charge in [0.1, 0.15) is 4.91 Å². The van der Waals surface area contributed by atoms with Crippen LogP contribution < -0.4 is 10.5 Å². The maximum atomic E-state index is 11.3. The van der Waals surface area contributed by atoms with Crippen LogP contribution in [0.15, 0.2) is 11.1 Å². The Kier molecular flexibility index (Phi) is 4.29. The van der Waals surface area contributed by atoms with Gasteiger partial charge in [-0.3, -0.25) is 4.79 Å². The number of rotatable bonds is 4. The molecule has 0 aliphatic heterocycles. The molecule has 0 aliphatic carbocycles. The van der Waals surface area contributed by atoms with Crippen LogP contribution in [0.5, 0.6) is 0 Å². The van der Waals surface area contributed by atoms with E-state index >= 15 is 0 Å². The van der Waals surface area contributed by atoms with Crippen molar-refractivity contribution in [3.05, 3.63) is 11.1 Å². The van der Waals surface area contributed by atoms with E-state index in [1.54, 1.807) is 18.6 Å². The lowest BCUT2D eigenvalue weighted by molar-refractivity contribution is -0.122. The summed E-state index contributed by atoms with van der Waals surface area (Å²) in [6.45, 7) is 3.11. The number of amides is 1. The second kappa shape index (κ2) is 4.75. The standard InChI is InChI=1S/C7H13N3O3S/c1-5(2)7(11)10-14(12,13)6(3-8)4-9/h3-5,8H,9H2,1-2H3,(H,10,11)/b6-4+,8-3?. The predicted octanol–water partition coefficient (Wildman–Crippen LogP) is -0.462. The van der Waals surface area contributed by atoms with E-state index in [0.717, 1.165) is 6.20 Å². The molecule has 14 heavy (non-hydrogen) atoms. The van der Waals surface area contributed by atoms with Gasteiger partial charge in [0.25, 0.3) is 10.0 Å². The molecule has 0 rings (SSSR count). The van der Waals surface area contributed by atoms with Gasteiger partial charge in [0, 0.05) is 18.3 Å². The lowest BCUT2D eigenvalue weighted by Gasteiger charge is -2.08. The summed E-state index contributed by atoms with van der Waals surface area (Å²) in [6.07, 6.45) is 1.32. The Bertz CT molecular complexity index is 356. The molecule has 0 fully saturated rings. The highest BCUT2D eigenvalue weighted by molar-refractivity contribution is 7.94. The minimum absolute atomic E-state index is 0.438. The van der Waals surface area contributed by atoms with Crippen molar-refractivity contribution in [2.75, 3.05) is 0 Å². The van der Waals surface area contributed by atoms with Gasteiger partial charge in [-0.1, -0.05) is 13.8 Å². The van der Waals surface area contributed by atoms with Crippen molar-refractivity contribution in [2.24, 2.45) is 11.7 Å². The molecular weight excluding hydrogens is 206 g/mol. The molecular formula is C7H13N3O3S. The van der Waals surface area contributed by atoms with Crippen molar-refractivity contribution >= 4 is 22.1 Å². The summed E-state index contributed by atoms with van der Waals surface area (Å²) < 4.78 is 24.3. The number of nitrogens with one attached hydrogen (secondary N) is 2. The van der Waals surface area contributed by atoms with Crippen LogP contribution in [0.4, 0.5) is 0 Å².